The number of nitrogens with one attached hydrogen (secondary N) is 2. The van der Waals surface area contributed by atoms with Gasteiger partial charge in [-0.2, -0.15) is 0 Å². The second-order valence-electron chi connectivity index (χ2n) is 4.08. The highest BCUT2D eigenvalue weighted by Crippen LogP contribution is 2.22. The maximum absolute atomic E-state index is 11.8. The molecule has 1 aliphatic carbocycles. The van der Waals surface area contributed by atoms with Gasteiger partial charge < -0.3 is 10.6 Å². The molecule has 1 heterocycles. The van der Waals surface area contributed by atoms with Gasteiger partial charge in [-0.1, -0.05) is 0 Å². The molecule has 0 bridgehead atoms. The van der Waals surface area contributed by atoms with Crippen LogP contribution in [0.1, 0.15) is 29.4 Å². The lowest BCUT2D eigenvalue weighted by Crippen LogP contribution is -2.45. The summed E-state index contributed by atoms with van der Waals surface area (Å²) in [6, 6.07) is 3.37. The van der Waals surface area contributed by atoms with Crippen LogP contribution in [0.3, 0.4) is 0 Å². The first kappa shape index (κ1) is 12.6. The summed E-state index contributed by atoms with van der Waals surface area (Å²) in [4.78, 5) is 24.0. The van der Waals surface area contributed by atoms with Crippen LogP contribution in [0.2, 0.25) is 0 Å². The number of carbonyl (C=O) groups is 2. The highest BCUT2D eigenvalue weighted by atomic mass is 79.9. The Balaban J connectivity index is 1.86. The molecule has 92 valence electrons. The number of hydrogen-bond acceptors (Lipinski definition) is 3. The highest BCUT2D eigenvalue weighted by molar-refractivity contribution is 9.11. The predicted molar refractivity (Wildman–Crippen MR) is 70.1 cm³/mol. The standard InChI is InChI=1S/C11H13BrN2O2S/c1-6(10(15)14-7-2-3-7)13-11(16)8-4-5-9(12)17-8/h4-7H,2-3H2,1H3,(H,13,16)(H,14,15)/t6-/m0/s1. The van der Waals surface area contributed by atoms with Crippen molar-refractivity contribution in [2.75, 3.05) is 0 Å². The molecule has 1 aliphatic rings. The van der Waals surface area contributed by atoms with Crippen molar-refractivity contribution in [1.82, 2.24) is 10.6 Å². The van der Waals surface area contributed by atoms with Gasteiger partial charge in [-0.25, -0.2) is 0 Å². The van der Waals surface area contributed by atoms with Crippen molar-refractivity contribution in [3.63, 3.8) is 0 Å². The van der Waals surface area contributed by atoms with Gasteiger partial charge in [0, 0.05) is 6.04 Å². The molecule has 1 atom stereocenters. The third-order valence-corrected chi connectivity index (χ3v) is 4.08. The second-order valence-corrected chi connectivity index (χ2v) is 6.54. The van der Waals surface area contributed by atoms with Crippen molar-refractivity contribution in [2.24, 2.45) is 0 Å². The zero-order valence-corrected chi connectivity index (χ0v) is 11.7. The fraction of sp³-hybridized carbons (Fsp3) is 0.455. The lowest BCUT2D eigenvalue weighted by atomic mass is 10.3. The molecule has 0 aliphatic heterocycles. The van der Waals surface area contributed by atoms with E-state index in [4.69, 9.17) is 0 Å². The first-order chi connectivity index (χ1) is 8.06. The summed E-state index contributed by atoms with van der Waals surface area (Å²) in [6.07, 6.45) is 2.09. The van der Waals surface area contributed by atoms with Gasteiger partial charge in [0.05, 0.1) is 8.66 Å². The average molecular weight is 317 g/mol. The summed E-state index contributed by atoms with van der Waals surface area (Å²) < 4.78 is 0.901. The largest absolute Gasteiger partial charge is 0.352 e. The van der Waals surface area contributed by atoms with E-state index in [2.05, 4.69) is 26.6 Å². The Hall–Kier alpha value is -0.880. The summed E-state index contributed by atoms with van der Waals surface area (Å²) in [7, 11) is 0. The zero-order valence-electron chi connectivity index (χ0n) is 9.33. The maximum atomic E-state index is 11.8. The molecule has 0 aromatic carbocycles. The van der Waals surface area contributed by atoms with Gasteiger partial charge in [0.25, 0.3) is 5.91 Å². The number of carbonyl (C=O) groups excluding carboxylic acids is 2. The molecule has 1 aromatic heterocycles. The molecule has 1 saturated carbocycles. The lowest BCUT2D eigenvalue weighted by molar-refractivity contribution is -0.122. The van der Waals surface area contributed by atoms with Gasteiger partial charge in [-0.3, -0.25) is 9.59 Å². The van der Waals surface area contributed by atoms with Crippen molar-refractivity contribution in [2.45, 2.75) is 31.8 Å². The minimum absolute atomic E-state index is 0.114. The quantitative estimate of drug-likeness (QED) is 0.891. The topological polar surface area (TPSA) is 58.2 Å². The molecule has 1 aromatic rings. The second kappa shape index (κ2) is 5.18. The Kier molecular flexibility index (Phi) is 3.83. The Morgan fingerprint density at radius 2 is 2.18 bits per heavy atom. The van der Waals surface area contributed by atoms with E-state index in [-0.39, 0.29) is 11.8 Å². The predicted octanol–water partition coefficient (Wildman–Crippen LogP) is 1.91. The fourth-order valence-corrected chi connectivity index (χ4v) is 2.61. The van der Waals surface area contributed by atoms with Gasteiger partial charge >= 0.3 is 0 Å². The molecule has 1 fully saturated rings. The minimum Gasteiger partial charge on any atom is -0.352 e. The smallest absolute Gasteiger partial charge is 0.262 e. The Labute approximate surface area is 112 Å². The molecule has 6 heteroatoms. The van der Waals surface area contributed by atoms with E-state index in [1.165, 1.54) is 11.3 Å². The van der Waals surface area contributed by atoms with E-state index in [0.717, 1.165) is 16.6 Å². The minimum atomic E-state index is -0.496. The summed E-state index contributed by atoms with van der Waals surface area (Å²) in [5.41, 5.74) is 0. The zero-order chi connectivity index (χ0) is 12.4. The molecule has 0 unspecified atom stereocenters. The third kappa shape index (κ3) is 3.54. The molecule has 0 spiro atoms. The van der Waals surface area contributed by atoms with Crippen LogP contribution in [-0.4, -0.2) is 23.9 Å². The van der Waals surface area contributed by atoms with Crippen LogP contribution in [-0.2, 0) is 4.79 Å². The van der Waals surface area contributed by atoms with Crippen molar-refractivity contribution < 1.29 is 9.59 Å². The van der Waals surface area contributed by atoms with E-state index in [1.54, 1.807) is 13.0 Å². The van der Waals surface area contributed by atoms with Gasteiger partial charge in [-0.05, 0) is 47.8 Å². The van der Waals surface area contributed by atoms with E-state index in [9.17, 15) is 9.59 Å². The number of thiophene rings is 1. The Bertz CT molecular complexity index is 442. The Morgan fingerprint density at radius 3 is 2.71 bits per heavy atom. The first-order valence-corrected chi connectivity index (χ1v) is 7.04. The van der Waals surface area contributed by atoms with Crippen LogP contribution in [0.15, 0.2) is 15.9 Å². The first-order valence-electron chi connectivity index (χ1n) is 5.43. The van der Waals surface area contributed by atoms with Crippen molar-refractivity contribution in [1.29, 1.82) is 0 Å². The molecule has 17 heavy (non-hydrogen) atoms. The normalized spacial score (nSPS) is 16.4. The highest BCUT2D eigenvalue weighted by Gasteiger charge is 2.26. The molecule has 2 amide bonds. The van der Waals surface area contributed by atoms with Crippen LogP contribution in [0, 0.1) is 0 Å². The van der Waals surface area contributed by atoms with E-state index < -0.39 is 6.04 Å². The fourth-order valence-electron chi connectivity index (χ4n) is 1.32. The lowest BCUT2D eigenvalue weighted by Gasteiger charge is -2.12. The third-order valence-electron chi connectivity index (χ3n) is 2.46. The van der Waals surface area contributed by atoms with Crippen molar-refractivity contribution >= 4 is 39.1 Å². The van der Waals surface area contributed by atoms with Crippen molar-refractivity contribution in [3.8, 4) is 0 Å². The summed E-state index contributed by atoms with van der Waals surface area (Å²) >= 11 is 4.64. The van der Waals surface area contributed by atoms with Crippen LogP contribution in [0.4, 0.5) is 0 Å². The molecule has 4 nitrogen and oxygen atoms in total. The number of rotatable bonds is 4. The Morgan fingerprint density at radius 1 is 1.47 bits per heavy atom. The van der Waals surface area contributed by atoms with Gasteiger partial charge in [0.2, 0.25) is 5.91 Å². The van der Waals surface area contributed by atoms with Crippen molar-refractivity contribution in [3.05, 3.63) is 20.8 Å². The molecule has 0 radical (unpaired) electrons. The molecule has 0 saturated heterocycles. The van der Waals surface area contributed by atoms with Crippen LogP contribution >= 0.6 is 27.3 Å². The van der Waals surface area contributed by atoms with Gasteiger partial charge in [-0.15, -0.1) is 11.3 Å². The molecule has 2 rings (SSSR count). The molecular formula is C11H13BrN2O2S. The molecule has 2 N–H and O–H groups in total. The molecular weight excluding hydrogens is 304 g/mol. The number of amides is 2. The number of halogens is 1. The van der Waals surface area contributed by atoms with Crippen LogP contribution in [0.25, 0.3) is 0 Å². The van der Waals surface area contributed by atoms with E-state index >= 15 is 0 Å². The summed E-state index contributed by atoms with van der Waals surface area (Å²) in [5.74, 6) is -0.324. The maximum Gasteiger partial charge on any atom is 0.262 e. The number of hydrogen-bond donors (Lipinski definition) is 2. The summed E-state index contributed by atoms with van der Waals surface area (Å²) in [6.45, 7) is 1.69. The van der Waals surface area contributed by atoms with E-state index in [1.807, 2.05) is 6.07 Å². The van der Waals surface area contributed by atoms with Crippen LogP contribution in [0.5, 0.6) is 0 Å². The summed E-state index contributed by atoms with van der Waals surface area (Å²) in [5, 5.41) is 5.54. The van der Waals surface area contributed by atoms with Gasteiger partial charge in [0.1, 0.15) is 6.04 Å². The van der Waals surface area contributed by atoms with Gasteiger partial charge in [0.15, 0.2) is 0 Å². The van der Waals surface area contributed by atoms with Crippen LogP contribution < -0.4 is 10.6 Å². The monoisotopic (exact) mass is 316 g/mol. The SMILES string of the molecule is C[C@H](NC(=O)c1ccc(Br)s1)C(=O)NC1CC1. The van der Waals surface area contributed by atoms with E-state index in [0.29, 0.717) is 10.9 Å². The average Bonchev–Trinajstić information content (AvgIpc) is 2.97.